The second-order valence-corrected chi connectivity index (χ2v) is 6.21. The van der Waals surface area contributed by atoms with Crippen molar-refractivity contribution in [2.75, 3.05) is 17.6 Å². The van der Waals surface area contributed by atoms with Crippen LogP contribution in [0.3, 0.4) is 0 Å². The zero-order chi connectivity index (χ0) is 14.1. The molecule has 2 aliphatic carbocycles. The summed E-state index contributed by atoms with van der Waals surface area (Å²) in [7, 11) is 0. The van der Waals surface area contributed by atoms with Gasteiger partial charge < -0.3 is 10.6 Å². The van der Waals surface area contributed by atoms with Crippen LogP contribution in [0.25, 0.3) is 0 Å². The molecular formula is C17H24N2S. The molecular weight excluding hydrogens is 264 g/mol. The van der Waals surface area contributed by atoms with Gasteiger partial charge in [0.2, 0.25) is 0 Å². The normalized spacial score (nSPS) is 16.4. The van der Waals surface area contributed by atoms with E-state index in [1.807, 2.05) is 0 Å². The lowest BCUT2D eigenvalue weighted by atomic mass is 9.76. The molecule has 108 valence electrons. The highest BCUT2D eigenvalue weighted by molar-refractivity contribution is 7.80. The quantitative estimate of drug-likeness (QED) is 0.698. The van der Waals surface area contributed by atoms with Gasteiger partial charge in [-0.15, -0.1) is 0 Å². The zero-order valence-corrected chi connectivity index (χ0v) is 13.4. The molecule has 0 atom stereocenters. The van der Waals surface area contributed by atoms with Crippen LogP contribution in [0.1, 0.15) is 42.5 Å². The van der Waals surface area contributed by atoms with E-state index in [9.17, 15) is 0 Å². The highest BCUT2D eigenvalue weighted by atomic mass is 32.1. The Morgan fingerprint density at radius 3 is 2.25 bits per heavy atom. The van der Waals surface area contributed by atoms with Crippen molar-refractivity contribution in [3.63, 3.8) is 0 Å². The Balaban J connectivity index is 1.92. The van der Waals surface area contributed by atoms with Crippen molar-refractivity contribution in [1.82, 2.24) is 5.32 Å². The maximum absolute atomic E-state index is 4.41. The van der Waals surface area contributed by atoms with E-state index in [0.717, 1.165) is 18.7 Å². The summed E-state index contributed by atoms with van der Waals surface area (Å²) in [5.41, 5.74) is 10.2. The fourth-order valence-corrected chi connectivity index (χ4v) is 3.42. The van der Waals surface area contributed by atoms with Crippen molar-refractivity contribution in [2.24, 2.45) is 0 Å². The Morgan fingerprint density at radius 2 is 1.80 bits per heavy atom. The molecule has 3 heteroatoms. The van der Waals surface area contributed by atoms with E-state index in [2.05, 4.69) is 43.2 Å². The Labute approximate surface area is 127 Å². The van der Waals surface area contributed by atoms with Crippen molar-refractivity contribution in [3.05, 3.63) is 39.7 Å². The van der Waals surface area contributed by atoms with Gasteiger partial charge in [-0.2, -0.15) is 12.6 Å². The summed E-state index contributed by atoms with van der Waals surface area (Å²) in [6.45, 7) is 5.27. The second-order valence-electron chi connectivity index (χ2n) is 5.76. The highest BCUT2D eigenvalue weighted by Crippen LogP contribution is 2.41. The summed E-state index contributed by atoms with van der Waals surface area (Å²) < 4.78 is 0. The first-order chi connectivity index (χ1) is 9.74. The van der Waals surface area contributed by atoms with Crippen LogP contribution in [0, 0.1) is 0 Å². The van der Waals surface area contributed by atoms with Crippen LogP contribution in [-0.2, 0) is 25.7 Å². The molecule has 2 aliphatic rings. The van der Waals surface area contributed by atoms with E-state index in [-0.39, 0.29) is 0 Å². The second kappa shape index (κ2) is 5.72. The first kappa shape index (κ1) is 13.9. The molecule has 1 aromatic rings. The van der Waals surface area contributed by atoms with Gasteiger partial charge in [-0.05, 0) is 74.0 Å². The smallest absolute Gasteiger partial charge is 0.0453 e. The van der Waals surface area contributed by atoms with Crippen LogP contribution in [0.15, 0.2) is 17.5 Å². The van der Waals surface area contributed by atoms with Gasteiger partial charge in [-0.25, -0.2) is 0 Å². The van der Waals surface area contributed by atoms with Gasteiger partial charge >= 0.3 is 0 Å². The summed E-state index contributed by atoms with van der Waals surface area (Å²) in [6, 6.07) is 2.43. The number of hydrogen-bond acceptors (Lipinski definition) is 3. The summed E-state index contributed by atoms with van der Waals surface area (Å²) in [6.07, 6.45) is 5.98. The van der Waals surface area contributed by atoms with E-state index in [4.69, 9.17) is 0 Å². The third kappa shape index (κ3) is 2.32. The third-order valence-corrected chi connectivity index (χ3v) is 4.77. The number of nitrogens with one attached hydrogen (secondary N) is 2. The molecule has 3 rings (SSSR count). The van der Waals surface area contributed by atoms with E-state index < -0.39 is 0 Å². The molecule has 1 aromatic carbocycles. The van der Waals surface area contributed by atoms with Crippen LogP contribution in [0.4, 0.5) is 5.69 Å². The number of rotatable bonds is 6. The lowest BCUT2D eigenvalue weighted by molar-refractivity contribution is 0.775. The van der Waals surface area contributed by atoms with E-state index in [0.29, 0.717) is 0 Å². The highest BCUT2D eigenvalue weighted by Gasteiger charge is 2.27. The van der Waals surface area contributed by atoms with E-state index >= 15 is 0 Å². The number of hydrogen-bond donors (Lipinski definition) is 3. The Bertz CT molecular complexity index is 530. The summed E-state index contributed by atoms with van der Waals surface area (Å²) >= 11 is 4.41. The van der Waals surface area contributed by atoms with Crippen molar-refractivity contribution in [2.45, 2.75) is 46.0 Å². The average Bonchev–Trinajstić information content (AvgIpc) is 2.34. The number of benzene rings is 1. The monoisotopic (exact) mass is 288 g/mol. The van der Waals surface area contributed by atoms with Gasteiger partial charge in [0.25, 0.3) is 0 Å². The van der Waals surface area contributed by atoms with Crippen LogP contribution in [0.5, 0.6) is 0 Å². The number of aryl methyl sites for hydroxylation is 2. The SMILES string of the molecule is CCN/C(C)=C(\CCS)Nc1c2c(cc3c1CC3)CC2. The Morgan fingerprint density at radius 1 is 1.15 bits per heavy atom. The van der Waals surface area contributed by atoms with Gasteiger partial charge in [0, 0.05) is 23.6 Å². The molecule has 0 aromatic heterocycles. The largest absolute Gasteiger partial charge is 0.387 e. The molecule has 0 spiro atoms. The Hall–Kier alpha value is -1.09. The predicted molar refractivity (Wildman–Crippen MR) is 89.7 cm³/mol. The van der Waals surface area contributed by atoms with Crippen LogP contribution >= 0.6 is 12.6 Å². The standard InChI is InChI=1S/C17H24N2S/c1-3-18-11(2)16(8-9-20)19-17-14-6-4-12(14)10-13-5-7-15(13)17/h10,18-20H,3-9H2,1-2H3/b16-11+. The van der Waals surface area contributed by atoms with E-state index in [1.54, 1.807) is 22.3 Å². The number of anilines is 1. The minimum atomic E-state index is 0.877. The van der Waals surface area contributed by atoms with Crippen molar-refractivity contribution < 1.29 is 0 Å². The molecule has 0 bridgehead atoms. The fraction of sp³-hybridized carbons (Fsp3) is 0.529. The molecule has 0 fully saturated rings. The maximum Gasteiger partial charge on any atom is 0.0453 e. The lowest BCUT2D eigenvalue weighted by Crippen LogP contribution is -2.23. The molecule has 0 saturated heterocycles. The summed E-state index contributed by atoms with van der Waals surface area (Å²) in [5, 5.41) is 7.19. The van der Waals surface area contributed by atoms with Gasteiger partial charge in [0.15, 0.2) is 0 Å². The minimum Gasteiger partial charge on any atom is -0.387 e. The lowest BCUT2D eigenvalue weighted by Gasteiger charge is -2.33. The summed E-state index contributed by atoms with van der Waals surface area (Å²) in [4.78, 5) is 0. The van der Waals surface area contributed by atoms with Crippen molar-refractivity contribution in [1.29, 1.82) is 0 Å². The maximum atomic E-state index is 4.41. The number of allylic oxidation sites excluding steroid dienone is 2. The van der Waals surface area contributed by atoms with Crippen LogP contribution in [-0.4, -0.2) is 12.3 Å². The van der Waals surface area contributed by atoms with Gasteiger partial charge in [0.05, 0.1) is 0 Å². The van der Waals surface area contributed by atoms with Crippen molar-refractivity contribution >= 4 is 18.3 Å². The van der Waals surface area contributed by atoms with Crippen LogP contribution in [0.2, 0.25) is 0 Å². The third-order valence-electron chi connectivity index (χ3n) is 4.55. The first-order valence-corrected chi connectivity index (χ1v) is 8.35. The number of thiol groups is 1. The first-order valence-electron chi connectivity index (χ1n) is 7.72. The fourth-order valence-electron chi connectivity index (χ4n) is 3.20. The molecule has 0 aliphatic heterocycles. The van der Waals surface area contributed by atoms with E-state index in [1.165, 1.54) is 42.8 Å². The molecule has 0 radical (unpaired) electrons. The van der Waals surface area contributed by atoms with Gasteiger partial charge in [0.1, 0.15) is 0 Å². The molecule has 20 heavy (non-hydrogen) atoms. The summed E-state index contributed by atoms with van der Waals surface area (Å²) in [5.74, 6) is 0.877. The molecule has 0 amide bonds. The number of fused-ring (bicyclic) bond motifs is 2. The Kier molecular flexibility index (Phi) is 3.97. The molecule has 0 heterocycles. The predicted octanol–water partition coefficient (Wildman–Crippen LogP) is 3.46. The minimum absolute atomic E-state index is 0.877. The average molecular weight is 288 g/mol. The topological polar surface area (TPSA) is 24.1 Å². The van der Waals surface area contributed by atoms with Crippen molar-refractivity contribution in [3.8, 4) is 0 Å². The molecule has 2 nitrogen and oxygen atoms in total. The molecule has 0 unspecified atom stereocenters. The van der Waals surface area contributed by atoms with Gasteiger partial charge in [-0.1, -0.05) is 6.07 Å². The van der Waals surface area contributed by atoms with Crippen LogP contribution < -0.4 is 10.6 Å². The zero-order valence-electron chi connectivity index (χ0n) is 12.5. The van der Waals surface area contributed by atoms with Gasteiger partial charge in [-0.3, -0.25) is 0 Å². The molecule has 2 N–H and O–H groups in total. The molecule has 0 saturated carbocycles.